The molecule has 0 aromatic heterocycles. The Morgan fingerprint density at radius 2 is 1.93 bits per heavy atom. The van der Waals surface area contributed by atoms with Crippen LogP contribution in [0.5, 0.6) is 0 Å². The van der Waals surface area contributed by atoms with Gasteiger partial charge in [0.05, 0.1) is 12.5 Å². The first kappa shape index (κ1) is 20.4. The van der Waals surface area contributed by atoms with Crippen molar-refractivity contribution in [2.75, 3.05) is 20.3 Å². The first-order valence-electron chi connectivity index (χ1n) is 9.09. The highest BCUT2D eigenvalue weighted by Gasteiger charge is 2.45. The fourth-order valence-corrected chi connectivity index (χ4v) is 3.79. The highest BCUT2D eigenvalue weighted by molar-refractivity contribution is 6.30. The molecule has 0 saturated heterocycles. The first-order chi connectivity index (χ1) is 13.2. The molecule has 1 aromatic rings. The molecule has 1 aliphatic carbocycles. The maximum absolute atomic E-state index is 13.0. The number of hydrogen-bond donors (Lipinski definition) is 1. The van der Waals surface area contributed by atoms with Crippen molar-refractivity contribution in [1.29, 1.82) is 0 Å². The zero-order valence-corrected chi connectivity index (χ0v) is 17.0. The number of rotatable bonds is 5. The molecule has 1 heterocycles. The number of Topliss-reactive ketones (excluding diaryl/α,β-unsaturated/α-hetero) is 1. The largest absolute Gasteiger partial charge is 0.460 e. The van der Waals surface area contributed by atoms with Gasteiger partial charge in [0.25, 0.3) is 0 Å². The number of allylic oxidation sites excluding steroid dienone is 2. The van der Waals surface area contributed by atoms with E-state index in [9.17, 15) is 9.59 Å². The van der Waals surface area contributed by atoms with Crippen molar-refractivity contribution in [1.82, 2.24) is 0 Å². The lowest BCUT2D eigenvalue weighted by Crippen LogP contribution is -2.35. The number of ether oxygens (including phenoxy) is 3. The molecule has 0 amide bonds. The Kier molecular flexibility index (Phi) is 5.82. The van der Waals surface area contributed by atoms with Crippen LogP contribution >= 0.6 is 11.6 Å². The monoisotopic (exact) mass is 405 g/mol. The van der Waals surface area contributed by atoms with Gasteiger partial charge in [-0.15, -0.1) is 0 Å². The molecule has 0 saturated carbocycles. The predicted octanol–water partition coefficient (Wildman–Crippen LogP) is 3.46. The van der Waals surface area contributed by atoms with Gasteiger partial charge in [0.15, 0.2) is 5.78 Å². The Bertz CT molecular complexity index is 854. The summed E-state index contributed by atoms with van der Waals surface area (Å²) in [5.41, 5.74) is 7.23. The molecule has 0 unspecified atom stereocenters. The third kappa shape index (κ3) is 4.08. The Morgan fingerprint density at radius 3 is 2.57 bits per heavy atom. The van der Waals surface area contributed by atoms with Crippen molar-refractivity contribution in [3.05, 3.63) is 57.6 Å². The number of nitrogens with two attached hydrogens (primary N) is 1. The van der Waals surface area contributed by atoms with Crippen LogP contribution < -0.4 is 5.73 Å². The summed E-state index contributed by atoms with van der Waals surface area (Å²) in [5, 5.41) is 0.558. The van der Waals surface area contributed by atoms with E-state index in [-0.39, 0.29) is 35.9 Å². The molecule has 2 N–H and O–H groups in total. The predicted molar refractivity (Wildman–Crippen MR) is 104 cm³/mol. The second-order valence-corrected chi connectivity index (χ2v) is 8.21. The summed E-state index contributed by atoms with van der Waals surface area (Å²) in [6.45, 7) is 4.34. The van der Waals surface area contributed by atoms with E-state index in [1.807, 2.05) is 13.8 Å². The molecule has 2 aliphatic rings. The van der Waals surface area contributed by atoms with Crippen LogP contribution in [0.1, 0.15) is 38.2 Å². The van der Waals surface area contributed by atoms with Crippen LogP contribution in [0.15, 0.2) is 47.1 Å². The molecule has 0 spiro atoms. The molecule has 1 aromatic carbocycles. The fourth-order valence-electron chi connectivity index (χ4n) is 3.67. The van der Waals surface area contributed by atoms with Gasteiger partial charge in [-0.3, -0.25) is 4.79 Å². The summed E-state index contributed by atoms with van der Waals surface area (Å²) in [4.78, 5) is 25.8. The first-order valence-corrected chi connectivity index (χ1v) is 9.46. The van der Waals surface area contributed by atoms with Gasteiger partial charge in [-0.1, -0.05) is 37.6 Å². The highest BCUT2D eigenvalue weighted by atomic mass is 35.5. The van der Waals surface area contributed by atoms with E-state index < -0.39 is 11.9 Å². The quantitative estimate of drug-likeness (QED) is 0.596. The van der Waals surface area contributed by atoms with Crippen LogP contribution in [-0.4, -0.2) is 32.1 Å². The van der Waals surface area contributed by atoms with Crippen molar-refractivity contribution in [3.8, 4) is 0 Å². The maximum Gasteiger partial charge on any atom is 0.340 e. The molecule has 7 heteroatoms. The maximum atomic E-state index is 13.0. The summed E-state index contributed by atoms with van der Waals surface area (Å²) in [6, 6.07) is 7.00. The van der Waals surface area contributed by atoms with Crippen LogP contribution in [-0.2, 0) is 23.8 Å². The second-order valence-electron chi connectivity index (χ2n) is 7.77. The van der Waals surface area contributed by atoms with Gasteiger partial charge in [0, 0.05) is 30.5 Å². The average Bonchev–Trinajstić information content (AvgIpc) is 2.60. The van der Waals surface area contributed by atoms with Crippen molar-refractivity contribution in [2.24, 2.45) is 11.1 Å². The van der Waals surface area contributed by atoms with Gasteiger partial charge in [-0.2, -0.15) is 0 Å². The molecule has 28 heavy (non-hydrogen) atoms. The molecule has 1 atom stereocenters. The van der Waals surface area contributed by atoms with Gasteiger partial charge in [0.2, 0.25) is 5.88 Å². The number of ketones is 1. The lowest BCUT2D eigenvalue weighted by Gasteiger charge is -2.38. The molecule has 0 bridgehead atoms. The van der Waals surface area contributed by atoms with E-state index in [4.69, 9.17) is 31.5 Å². The normalized spacial score (nSPS) is 21.3. The number of esters is 1. The zero-order chi connectivity index (χ0) is 20.5. The lowest BCUT2D eigenvalue weighted by molar-refractivity contribution is -0.140. The van der Waals surface area contributed by atoms with Crippen LogP contribution in [0.4, 0.5) is 0 Å². The molecule has 6 nitrogen and oxygen atoms in total. The van der Waals surface area contributed by atoms with Crippen LogP contribution in [0.2, 0.25) is 5.02 Å². The van der Waals surface area contributed by atoms with Crippen molar-refractivity contribution in [2.45, 2.75) is 32.6 Å². The summed E-state index contributed by atoms with van der Waals surface area (Å²) in [6.07, 6.45) is 0.927. The number of carbonyl (C=O) groups excluding carboxylic acids is 2. The number of methoxy groups -OCH3 is 1. The lowest BCUT2D eigenvalue weighted by atomic mass is 9.70. The highest BCUT2D eigenvalue weighted by Crippen LogP contribution is 2.48. The zero-order valence-electron chi connectivity index (χ0n) is 16.2. The third-order valence-corrected chi connectivity index (χ3v) is 5.15. The second kappa shape index (κ2) is 7.97. The summed E-state index contributed by atoms with van der Waals surface area (Å²) in [5.74, 6) is -0.849. The fraction of sp³-hybridized carbons (Fsp3) is 0.429. The molecular formula is C21H24ClNO5. The van der Waals surface area contributed by atoms with Gasteiger partial charge >= 0.3 is 5.97 Å². The van der Waals surface area contributed by atoms with Crippen LogP contribution in [0.3, 0.4) is 0 Å². The van der Waals surface area contributed by atoms with Crippen LogP contribution in [0.25, 0.3) is 0 Å². The topological polar surface area (TPSA) is 87.8 Å². The standard InChI is InChI=1S/C21H24ClNO5/c1-21(2)10-14(24)17-15(11-21)28-19(23)18(20(25)27-9-8-26-3)16(17)12-4-6-13(22)7-5-12/h4-7,16H,8-11,23H2,1-3H3/t16-/m1/s1. The molecule has 1 aliphatic heterocycles. The van der Waals surface area contributed by atoms with Gasteiger partial charge < -0.3 is 19.9 Å². The molecule has 0 fully saturated rings. The van der Waals surface area contributed by atoms with Gasteiger partial charge in [-0.25, -0.2) is 4.79 Å². The van der Waals surface area contributed by atoms with Gasteiger partial charge in [0.1, 0.15) is 17.9 Å². The number of hydrogen-bond acceptors (Lipinski definition) is 6. The summed E-state index contributed by atoms with van der Waals surface area (Å²) in [7, 11) is 1.52. The number of carbonyl (C=O) groups is 2. The van der Waals surface area contributed by atoms with Gasteiger partial charge in [-0.05, 0) is 23.1 Å². The van der Waals surface area contributed by atoms with Crippen molar-refractivity contribution < 1.29 is 23.8 Å². The summed E-state index contributed by atoms with van der Waals surface area (Å²) < 4.78 is 16.0. The minimum absolute atomic E-state index is 0.0355. The SMILES string of the molecule is COCCOC(=O)C1=C(N)OC2=C(C(=O)CC(C)(C)C2)[C@H]1c1ccc(Cl)cc1. The minimum Gasteiger partial charge on any atom is -0.460 e. The Hall–Kier alpha value is -2.31. The number of benzene rings is 1. The Labute approximate surface area is 169 Å². The van der Waals surface area contributed by atoms with E-state index in [2.05, 4.69) is 0 Å². The smallest absolute Gasteiger partial charge is 0.340 e. The van der Waals surface area contributed by atoms with Crippen LogP contribution in [0, 0.1) is 5.41 Å². The molecule has 150 valence electrons. The molecular weight excluding hydrogens is 382 g/mol. The van der Waals surface area contributed by atoms with E-state index in [0.29, 0.717) is 29.2 Å². The number of halogens is 1. The third-order valence-electron chi connectivity index (χ3n) is 4.90. The van der Waals surface area contributed by atoms with Crippen molar-refractivity contribution in [3.63, 3.8) is 0 Å². The van der Waals surface area contributed by atoms with E-state index >= 15 is 0 Å². The van der Waals surface area contributed by atoms with Crippen molar-refractivity contribution >= 4 is 23.4 Å². The Balaban J connectivity index is 2.07. The molecule has 0 radical (unpaired) electrons. The summed E-state index contributed by atoms with van der Waals surface area (Å²) >= 11 is 6.02. The average molecular weight is 406 g/mol. The Morgan fingerprint density at radius 1 is 1.25 bits per heavy atom. The minimum atomic E-state index is -0.653. The van der Waals surface area contributed by atoms with E-state index in [1.54, 1.807) is 24.3 Å². The molecule has 3 rings (SSSR count). The van der Waals surface area contributed by atoms with E-state index in [1.165, 1.54) is 7.11 Å². The van der Waals surface area contributed by atoms with E-state index in [0.717, 1.165) is 5.56 Å².